The zero-order chi connectivity index (χ0) is 17.8. The first-order valence-corrected chi connectivity index (χ1v) is 9.62. The van der Waals surface area contributed by atoms with Crippen molar-refractivity contribution in [2.45, 2.75) is 23.8 Å². The van der Waals surface area contributed by atoms with Gasteiger partial charge in [-0.1, -0.05) is 29.1 Å². The quantitative estimate of drug-likeness (QED) is 0.480. The minimum atomic E-state index is -0.138. The maximum atomic E-state index is 11.8. The Morgan fingerprint density at radius 2 is 2.19 bits per heavy atom. The molecule has 0 aliphatic carbocycles. The van der Waals surface area contributed by atoms with Crippen LogP contribution >= 0.6 is 23.1 Å². The van der Waals surface area contributed by atoms with E-state index in [0.717, 1.165) is 11.1 Å². The summed E-state index contributed by atoms with van der Waals surface area (Å²) in [5.74, 6) is 1.29. The number of para-hydroxylation sites is 2. The van der Waals surface area contributed by atoms with Gasteiger partial charge in [-0.2, -0.15) is 4.98 Å². The third-order valence-corrected chi connectivity index (χ3v) is 4.87. The number of nitrogens with one attached hydrogen (secondary N) is 1. The Hall–Kier alpha value is -2.72. The topological polar surface area (TPSA) is 107 Å². The van der Waals surface area contributed by atoms with Crippen molar-refractivity contribution in [3.63, 3.8) is 0 Å². The van der Waals surface area contributed by atoms with Crippen molar-refractivity contribution >= 4 is 45.2 Å². The fourth-order valence-corrected chi connectivity index (χ4v) is 3.40. The van der Waals surface area contributed by atoms with E-state index in [1.165, 1.54) is 23.1 Å². The molecule has 1 amide bonds. The molecule has 0 bridgehead atoms. The SMILES string of the molecule is O=C(CCc1nc(CSc2nc3ccccc3o2)no1)Nc1nccs1. The summed E-state index contributed by atoms with van der Waals surface area (Å²) in [6, 6.07) is 7.58. The van der Waals surface area contributed by atoms with E-state index in [9.17, 15) is 4.79 Å². The van der Waals surface area contributed by atoms with Gasteiger partial charge in [0.25, 0.3) is 5.22 Å². The van der Waals surface area contributed by atoms with Gasteiger partial charge in [-0.25, -0.2) is 9.97 Å². The molecule has 10 heteroatoms. The van der Waals surface area contributed by atoms with Gasteiger partial charge in [0, 0.05) is 24.4 Å². The van der Waals surface area contributed by atoms with Crippen molar-refractivity contribution in [1.29, 1.82) is 0 Å². The minimum Gasteiger partial charge on any atom is -0.431 e. The summed E-state index contributed by atoms with van der Waals surface area (Å²) in [4.78, 5) is 24.5. The first-order valence-electron chi connectivity index (χ1n) is 7.75. The molecule has 1 aromatic carbocycles. The van der Waals surface area contributed by atoms with Gasteiger partial charge < -0.3 is 14.3 Å². The molecule has 0 aliphatic heterocycles. The normalized spacial score (nSPS) is 11.1. The number of anilines is 1. The fraction of sp³-hybridized carbons (Fsp3) is 0.188. The second-order valence-electron chi connectivity index (χ2n) is 5.23. The standard InChI is InChI=1S/C16H13N5O3S2/c22-13(20-15-17-7-8-25-15)5-6-14-19-12(21-24-14)9-26-16-18-10-3-1-2-4-11(10)23-16/h1-4,7-8H,5-6,9H2,(H,17,20,22). The summed E-state index contributed by atoms with van der Waals surface area (Å²) in [5.41, 5.74) is 1.56. The summed E-state index contributed by atoms with van der Waals surface area (Å²) in [6.45, 7) is 0. The number of amides is 1. The molecular weight excluding hydrogens is 374 g/mol. The molecule has 0 saturated heterocycles. The van der Waals surface area contributed by atoms with Crippen LogP contribution in [0.15, 0.2) is 50.0 Å². The summed E-state index contributed by atoms with van der Waals surface area (Å²) < 4.78 is 10.8. The van der Waals surface area contributed by atoms with Crippen LogP contribution in [0.25, 0.3) is 11.1 Å². The molecule has 0 radical (unpaired) electrons. The number of carbonyl (C=O) groups is 1. The number of rotatable bonds is 7. The number of fused-ring (bicyclic) bond motifs is 1. The molecule has 4 rings (SSSR count). The van der Waals surface area contributed by atoms with Crippen molar-refractivity contribution in [2.24, 2.45) is 0 Å². The molecule has 0 spiro atoms. The van der Waals surface area contributed by atoms with E-state index in [1.54, 1.807) is 11.6 Å². The molecule has 8 nitrogen and oxygen atoms in total. The van der Waals surface area contributed by atoms with Crippen molar-refractivity contribution in [3.8, 4) is 0 Å². The van der Waals surface area contributed by atoms with Gasteiger partial charge in [-0.05, 0) is 12.1 Å². The minimum absolute atomic E-state index is 0.138. The maximum absolute atomic E-state index is 11.8. The van der Waals surface area contributed by atoms with Crippen molar-refractivity contribution in [2.75, 3.05) is 5.32 Å². The average molecular weight is 387 g/mol. The van der Waals surface area contributed by atoms with E-state index in [2.05, 4.69) is 25.4 Å². The van der Waals surface area contributed by atoms with Gasteiger partial charge in [0.2, 0.25) is 11.8 Å². The largest absolute Gasteiger partial charge is 0.431 e. The number of oxazole rings is 1. The molecule has 0 unspecified atom stereocenters. The summed E-state index contributed by atoms with van der Waals surface area (Å²) >= 11 is 2.76. The van der Waals surface area contributed by atoms with E-state index >= 15 is 0 Å². The lowest BCUT2D eigenvalue weighted by Crippen LogP contribution is -2.12. The Bertz CT molecular complexity index is 979. The molecule has 0 fully saturated rings. The van der Waals surface area contributed by atoms with E-state index in [4.69, 9.17) is 8.94 Å². The lowest BCUT2D eigenvalue weighted by Gasteiger charge is -1.98. The van der Waals surface area contributed by atoms with E-state index in [0.29, 0.717) is 34.2 Å². The average Bonchev–Trinajstić information content (AvgIpc) is 3.38. The van der Waals surface area contributed by atoms with Crippen LogP contribution in [0.5, 0.6) is 0 Å². The number of thioether (sulfide) groups is 1. The Balaban J connectivity index is 1.28. The summed E-state index contributed by atoms with van der Waals surface area (Å²) in [7, 11) is 0. The first kappa shape index (κ1) is 16.7. The van der Waals surface area contributed by atoms with Crippen LogP contribution in [-0.4, -0.2) is 26.0 Å². The molecule has 3 aromatic heterocycles. The van der Waals surface area contributed by atoms with Gasteiger partial charge in [-0.3, -0.25) is 4.79 Å². The third kappa shape index (κ3) is 4.09. The third-order valence-electron chi connectivity index (χ3n) is 3.35. The van der Waals surface area contributed by atoms with Crippen molar-refractivity contribution < 1.29 is 13.7 Å². The molecule has 132 valence electrons. The van der Waals surface area contributed by atoms with Crippen molar-refractivity contribution in [1.82, 2.24) is 20.1 Å². The molecule has 26 heavy (non-hydrogen) atoms. The van der Waals surface area contributed by atoms with Crippen LogP contribution in [-0.2, 0) is 17.0 Å². The Morgan fingerprint density at radius 1 is 1.27 bits per heavy atom. The Kier molecular flexibility index (Phi) is 4.93. The van der Waals surface area contributed by atoms with Crippen molar-refractivity contribution in [3.05, 3.63) is 47.6 Å². The number of hydrogen-bond acceptors (Lipinski definition) is 9. The highest BCUT2D eigenvalue weighted by atomic mass is 32.2. The smallest absolute Gasteiger partial charge is 0.257 e. The van der Waals surface area contributed by atoms with Gasteiger partial charge in [0.15, 0.2) is 16.5 Å². The number of aryl methyl sites for hydroxylation is 1. The first-order chi connectivity index (χ1) is 12.8. The van der Waals surface area contributed by atoms with Crippen LogP contribution in [0.2, 0.25) is 0 Å². The zero-order valence-electron chi connectivity index (χ0n) is 13.4. The highest BCUT2D eigenvalue weighted by molar-refractivity contribution is 7.98. The number of nitrogens with zero attached hydrogens (tertiary/aromatic N) is 4. The van der Waals surface area contributed by atoms with Gasteiger partial charge in [-0.15, -0.1) is 11.3 Å². The summed E-state index contributed by atoms with van der Waals surface area (Å²) in [6.07, 6.45) is 2.26. The van der Waals surface area contributed by atoms with Gasteiger partial charge >= 0.3 is 0 Å². The molecule has 0 aliphatic rings. The number of benzene rings is 1. The predicted octanol–water partition coefficient (Wildman–Crippen LogP) is 3.53. The Labute approximate surface area is 156 Å². The molecule has 0 saturated carbocycles. The van der Waals surface area contributed by atoms with Crippen LogP contribution in [0.1, 0.15) is 18.1 Å². The molecule has 3 heterocycles. The number of thiazole rings is 1. The zero-order valence-corrected chi connectivity index (χ0v) is 15.0. The predicted molar refractivity (Wildman–Crippen MR) is 96.9 cm³/mol. The second-order valence-corrected chi connectivity index (χ2v) is 7.05. The molecule has 0 atom stereocenters. The van der Waals surface area contributed by atoms with Gasteiger partial charge in [0.1, 0.15) is 5.52 Å². The van der Waals surface area contributed by atoms with Crippen LogP contribution in [0.4, 0.5) is 5.13 Å². The van der Waals surface area contributed by atoms with Crippen LogP contribution in [0.3, 0.4) is 0 Å². The highest BCUT2D eigenvalue weighted by Crippen LogP contribution is 2.25. The van der Waals surface area contributed by atoms with E-state index in [1.807, 2.05) is 24.3 Å². The van der Waals surface area contributed by atoms with Crippen LogP contribution < -0.4 is 5.32 Å². The Morgan fingerprint density at radius 3 is 3.04 bits per heavy atom. The number of carbonyl (C=O) groups excluding carboxylic acids is 1. The number of hydrogen-bond donors (Lipinski definition) is 1. The van der Waals surface area contributed by atoms with Crippen LogP contribution in [0, 0.1) is 0 Å². The molecule has 4 aromatic rings. The molecular formula is C16H13N5O3S2. The summed E-state index contributed by atoms with van der Waals surface area (Å²) in [5, 5.41) is 9.57. The number of aromatic nitrogens is 4. The lowest BCUT2D eigenvalue weighted by atomic mass is 10.3. The molecule has 1 N–H and O–H groups in total. The van der Waals surface area contributed by atoms with E-state index < -0.39 is 0 Å². The second kappa shape index (κ2) is 7.67. The monoisotopic (exact) mass is 387 g/mol. The highest BCUT2D eigenvalue weighted by Gasteiger charge is 2.12. The van der Waals surface area contributed by atoms with E-state index in [-0.39, 0.29) is 12.3 Å². The van der Waals surface area contributed by atoms with Gasteiger partial charge in [0.05, 0.1) is 5.75 Å². The maximum Gasteiger partial charge on any atom is 0.257 e. The lowest BCUT2D eigenvalue weighted by molar-refractivity contribution is -0.116. The fourth-order valence-electron chi connectivity index (χ4n) is 2.18.